The fourth-order valence-corrected chi connectivity index (χ4v) is 3.30. The minimum atomic E-state index is 0.386. The molecule has 55 heavy (non-hydrogen) atoms. The van der Waals surface area contributed by atoms with Crippen LogP contribution in [0.2, 0.25) is 0 Å². The summed E-state index contributed by atoms with van der Waals surface area (Å²) in [6.07, 6.45) is 1.75. The van der Waals surface area contributed by atoms with Gasteiger partial charge in [-0.15, -0.1) is 19.7 Å². The van der Waals surface area contributed by atoms with Crippen molar-refractivity contribution in [1.29, 1.82) is 0 Å². The molecule has 8 heteroatoms. The van der Waals surface area contributed by atoms with Crippen molar-refractivity contribution in [3.05, 3.63) is 134 Å². The monoisotopic (exact) mass is 758 g/mol. The molecule has 0 N–H and O–H groups in total. The van der Waals surface area contributed by atoms with Crippen LogP contribution >= 0.6 is 0 Å². The highest BCUT2D eigenvalue weighted by molar-refractivity contribution is 5.68. The van der Waals surface area contributed by atoms with Crippen LogP contribution < -0.4 is 18.9 Å². The van der Waals surface area contributed by atoms with E-state index in [2.05, 4.69) is 19.7 Å². The summed E-state index contributed by atoms with van der Waals surface area (Å²) in [5.41, 5.74) is 7.22. The molecule has 0 aliphatic rings. The largest absolute Gasteiger partial charge is 0.497 e. The van der Waals surface area contributed by atoms with E-state index in [0.29, 0.717) is 36.7 Å². The Balaban J connectivity index is -0.000000210. The second-order valence-corrected chi connectivity index (χ2v) is 10.2. The van der Waals surface area contributed by atoms with Gasteiger partial charge < -0.3 is 23.7 Å². The zero-order valence-corrected chi connectivity index (χ0v) is 35.6. The third kappa shape index (κ3) is 32.4. The fourth-order valence-electron chi connectivity index (χ4n) is 3.30. The van der Waals surface area contributed by atoms with Crippen LogP contribution in [0.4, 0.5) is 0 Å². The van der Waals surface area contributed by atoms with Crippen molar-refractivity contribution in [2.75, 3.05) is 7.11 Å². The van der Waals surface area contributed by atoms with Crippen LogP contribution in [0.5, 0.6) is 23.0 Å². The first-order chi connectivity index (χ1) is 26.4. The van der Waals surface area contributed by atoms with Gasteiger partial charge >= 0.3 is 0 Å². The quantitative estimate of drug-likeness (QED) is 0.123. The summed E-state index contributed by atoms with van der Waals surface area (Å²) in [6.45, 7) is 37.3. The molecule has 4 aromatic carbocycles. The second kappa shape index (κ2) is 42.4. The van der Waals surface area contributed by atoms with Crippen molar-refractivity contribution >= 4 is 26.2 Å². The van der Waals surface area contributed by atoms with Crippen molar-refractivity contribution in [3.8, 4) is 45.3 Å². The van der Waals surface area contributed by atoms with Gasteiger partial charge in [-0.05, 0) is 112 Å². The highest BCUT2D eigenvalue weighted by Gasteiger charge is 2.04. The van der Waals surface area contributed by atoms with E-state index in [1.165, 1.54) is 11.1 Å². The molecule has 0 saturated carbocycles. The third-order valence-electron chi connectivity index (χ3n) is 5.20. The zero-order valence-electron chi connectivity index (χ0n) is 35.6. The van der Waals surface area contributed by atoms with E-state index in [1.807, 2.05) is 151 Å². The molecule has 0 aliphatic heterocycles. The lowest BCUT2D eigenvalue weighted by Gasteiger charge is -2.07. The van der Waals surface area contributed by atoms with E-state index < -0.39 is 0 Å². The van der Waals surface area contributed by atoms with Gasteiger partial charge in [0.15, 0.2) is 0 Å². The Kier molecular flexibility index (Phi) is 44.9. The number of carbonyl (C=O) groups excluding carboxylic acids is 4. The Bertz CT molecular complexity index is 1520. The lowest BCUT2D eigenvalue weighted by molar-refractivity contribution is -0.121. The van der Waals surface area contributed by atoms with Gasteiger partial charge in [0.2, 0.25) is 0 Å². The van der Waals surface area contributed by atoms with Gasteiger partial charge in [0.05, 0.1) is 7.11 Å². The van der Waals surface area contributed by atoms with Gasteiger partial charge in [0.1, 0.15) is 29.8 Å². The van der Waals surface area contributed by atoms with Crippen LogP contribution in [0.25, 0.3) is 22.3 Å². The first kappa shape index (κ1) is 58.3. The normalized spacial score (nSPS) is 7.95. The van der Waals surface area contributed by atoms with Gasteiger partial charge in [0.25, 0.3) is 19.4 Å². The van der Waals surface area contributed by atoms with Crippen molar-refractivity contribution in [1.82, 2.24) is 0 Å². The van der Waals surface area contributed by atoms with E-state index in [4.69, 9.17) is 23.7 Å². The van der Waals surface area contributed by atoms with Crippen LogP contribution in [-0.2, 0) is 19.2 Å². The van der Waals surface area contributed by atoms with E-state index in [1.54, 1.807) is 43.5 Å². The number of carbonyl (C=O) groups is 4. The van der Waals surface area contributed by atoms with E-state index in [-0.39, 0.29) is 0 Å². The van der Waals surface area contributed by atoms with Gasteiger partial charge in [-0.3, -0.25) is 14.4 Å². The molecule has 0 aromatic heterocycles. The van der Waals surface area contributed by atoms with Crippen molar-refractivity contribution in [2.45, 2.75) is 83.1 Å². The lowest BCUT2D eigenvalue weighted by Crippen LogP contribution is -1.92. The van der Waals surface area contributed by atoms with Crippen molar-refractivity contribution in [3.63, 3.8) is 0 Å². The predicted molar refractivity (Wildman–Crippen MR) is 233 cm³/mol. The van der Waals surface area contributed by atoms with Crippen LogP contribution in [0.1, 0.15) is 81.7 Å². The van der Waals surface area contributed by atoms with Gasteiger partial charge in [-0.2, -0.15) is 0 Å². The average molecular weight is 759 g/mol. The highest BCUT2D eigenvalue weighted by Crippen LogP contribution is 2.28. The highest BCUT2D eigenvalue weighted by atomic mass is 16.5. The third-order valence-corrected chi connectivity index (χ3v) is 5.20. The van der Waals surface area contributed by atoms with Crippen LogP contribution in [0.3, 0.4) is 0 Å². The molecule has 302 valence electrons. The molecule has 0 unspecified atom stereocenters. The molecule has 4 aromatic rings. The number of methoxy groups -OCH3 is 1. The first-order valence-electron chi connectivity index (χ1n) is 17.8. The number of benzene rings is 4. The molecule has 0 spiro atoms. The molecule has 0 saturated heterocycles. The molecular weight excluding hydrogens is 693 g/mol. The first-order valence-corrected chi connectivity index (χ1v) is 17.8. The second-order valence-electron chi connectivity index (χ2n) is 10.2. The summed E-state index contributed by atoms with van der Waals surface area (Å²) in [7, 11) is 1.64. The van der Waals surface area contributed by atoms with Crippen LogP contribution in [0.15, 0.2) is 128 Å². The van der Waals surface area contributed by atoms with Gasteiger partial charge in [0, 0.05) is 0 Å². The smallest absolute Gasteiger partial charge is 0.298 e. The fraction of sp³-hybridized carbons (Fsp3) is 0.277. The van der Waals surface area contributed by atoms with E-state index in [0.717, 1.165) is 33.6 Å². The van der Waals surface area contributed by atoms with Gasteiger partial charge in [-0.1, -0.05) is 107 Å². The Labute approximate surface area is 332 Å². The molecule has 0 amide bonds. The summed E-state index contributed by atoms with van der Waals surface area (Å²) in [5.74, 6) is 2.38. The number of rotatable bonds is 9. The summed E-state index contributed by atoms with van der Waals surface area (Å²) in [5, 5.41) is 0. The molecule has 0 fully saturated rings. The Morgan fingerprint density at radius 1 is 0.509 bits per heavy atom. The molecule has 0 aliphatic carbocycles. The van der Waals surface area contributed by atoms with Crippen LogP contribution in [0, 0.1) is 6.92 Å². The molecule has 0 radical (unpaired) electrons. The minimum Gasteiger partial charge on any atom is -0.497 e. The van der Waals surface area contributed by atoms with E-state index >= 15 is 0 Å². The molecule has 0 atom stereocenters. The summed E-state index contributed by atoms with van der Waals surface area (Å²) in [4.78, 5) is 38.8. The van der Waals surface area contributed by atoms with Crippen molar-refractivity contribution < 1.29 is 38.1 Å². The Morgan fingerprint density at radius 2 is 0.764 bits per heavy atom. The predicted octanol–water partition coefficient (Wildman–Crippen LogP) is 12.9. The topological polar surface area (TPSA) is 105 Å². The maximum atomic E-state index is 10.4. The molecular formula is C47H66O8. The number of aryl methyl sites for hydroxylation is 1. The lowest BCUT2D eigenvalue weighted by atomic mass is 10.0. The molecule has 0 heterocycles. The standard InChI is InChI=1S/C15H12O4.C14H12O3.2C4H8.C3H6.3C2H6.CH2O/c1-11-2-3-13(8-15(11)19-10-17)12-4-6-14(7-5-12)18-9-16;1-16-13-6-2-11(3-7-13)12-4-8-14(9-5-12)17-10-15;2*1-4(2)3;1-3-2;4*1-2/h2-10H,1H3;2-10H,1H3;2*1H2,2-3H3;3H,1H2,2H3;3*1-2H3;1H2. The number of allylic oxidation sites excluding steroid dienone is 3. The van der Waals surface area contributed by atoms with Crippen LogP contribution in [-0.4, -0.2) is 33.3 Å². The maximum Gasteiger partial charge on any atom is 0.298 e. The SMILES string of the molecule is C=C(C)C.C=C(C)C.C=CC.C=O.CC.CC.CC.COc1ccc(-c2ccc(OC=O)cc2)cc1.Cc1ccc(-c2ccc(OC=O)cc2)cc1OC=O. The van der Waals surface area contributed by atoms with Gasteiger partial charge in [-0.25, -0.2) is 0 Å². The molecule has 8 nitrogen and oxygen atoms in total. The molecule has 4 rings (SSSR count). The minimum absolute atomic E-state index is 0.386. The maximum absolute atomic E-state index is 10.4. The Morgan fingerprint density at radius 3 is 1.04 bits per heavy atom. The van der Waals surface area contributed by atoms with E-state index in [9.17, 15) is 14.4 Å². The zero-order chi connectivity index (χ0) is 43.6. The molecule has 0 bridgehead atoms. The number of hydrogen-bond donors (Lipinski definition) is 0. The summed E-state index contributed by atoms with van der Waals surface area (Å²) < 4.78 is 19.5. The Hall–Kier alpha value is -6.02. The summed E-state index contributed by atoms with van der Waals surface area (Å²) >= 11 is 0. The average Bonchev–Trinajstić information content (AvgIpc) is 3.20. The summed E-state index contributed by atoms with van der Waals surface area (Å²) in [6, 6.07) is 27.8. The number of hydrogen-bond acceptors (Lipinski definition) is 8. The van der Waals surface area contributed by atoms with Crippen molar-refractivity contribution in [2.24, 2.45) is 0 Å². The number of ether oxygens (including phenoxy) is 4.